The van der Waals surface area contributed by atoms with Crippen LogP contribution in [0, 0.1) is 19.7 Å². The Balaban J connectivity index is 1.44. The number of H-pyrrole nitrogens is 1. The van der Waals surface area contributed by atoms with Gasteiger partial charge in [-0.3, -0.25) is 9.69 Å². The second kappa shape index (κ2) is 10.9. The summed E-state index contributed by atoms with van der Waals surface area (Å²) >= 11 is 0. The monoisotopic (exact) mass is 512 g/mol. The van der Waals surface area contributed by atoms with Crippen LogP contribution in [0.4, 0.5) is 4.39 Å². The van der Waals surface area contributed by atoms with Crippen LogP contribution in [0.5, 0.6) is 5.75 Å². The molecule has 5 rings (SSSR count). The standard InChI is InChI=1S/C29H29FN6O2/c1-19-12-20(2)26-14-23(29(37)31-27(26)13-19)17-35(15-21-4-8-24(30)9-5-21)18-28-32-33-34-36(28)16-22-6-10-25(38-3)11-7-22/h4-14H,15-18H2,1-3H3,(H,31,37). The maximum Gasteiger partial charge on any atom is 0.252 e. The molecule has 0 radical (unpaired) electrons. The lowest BCUT2D eigenvalue weighted by atomic mass is 10.0. The summed E-state index contributed by atoms with van der Waals surface area (Å²) in [6.45, 7) is 5.79. The van der Waals surface area contributed by atoms with E-state index in [0.717, 1.165) is 38.9 Å². The number of tetrazole rings is 1. The Morgan fingerprint density at radius 3 is 2.42 bits per heavy atom. The zero-order valence-electron chi connectivity index (χ0n) is 21.6. The Morgan fingerprint density at radius 2 is 1.68 bits per heavy atom. The van der Waals surface area contributed by atoms with Crippen LogP contribution in [0.2, 0.25) is 0 Å². The minimum Gasteiger partial charge on any atom is -0.497 e. The van der Waals surface area contributed by atoms with Crippen molar-refractivity contribution in [1.82, 2.24) is 30.1 Å². The number of methoxy groups -OCH3 is 1. The zero-order valence-corrected chi connectivity index (χ0v) is 21.6. The van der Waals surface area contributed by atoms with Crippen molar-refractivity contribution in [2.45, 2.75) is 40.0 Å². The van der Waals surface area contributed by atoms with Crippen LogP contribution in [0.25, 0.3) is 10.9 Å². The van der Waals surface area contributed by atoms with Gasteiger partial charge in [0.15, 0.2) is 5.82 Å². The lowest BCUT2D eigenvalue weighted by Crippen LogP contribution is -2.28. The molecule has 0 unspecified atom stereocenters. The highest BCUT2D eigenvalue weighted by molar-refractivity contribution is 5.83. The Labute approximate surface area is 219 Å². The lowest BCUT2D eigenvalue weighted by molar-refractivity contribution is 0.236. The topological polar surface area (TPSA) is 88.9 Å². The molecule has 0 atom stereocenters. The smallest absolute Gasteiger partial charge is 0.252 e. The van der Waals surface area contributed by atoms with E-state index in [1.54, 1.807) is 23.9 Å². The molecule has 0 amide bonds. The molecular formula is C29H29FN6O2. The van der Waals surface area contributed by atoms with Crippen LogP contribution < -0.4 is 10.3 Å². The van der Waals surface area contributed by atoms with Gasteiger partial charge in [-0.15, -0.1) is 5.10 Å². The molecule has 194 valence electrons. The highest BCUT2D eigenvalue weighted by atomic mass is 19.1. The molecule has 5 aromatic rings. The van der Waals surface area contributed by atoms with Crippen molar-refractivity contribution in [3.63, 3.8) is 0 Å². The fourth-order valence-corrected chi connectivity index (χ4v) is 4.65. The van der Waals surface area contributed by atoms with Crippen LogP contribution >= 0.6 is 0 Å². The Morgan fingerprint density at radius 1 is 0.947 bits per heavy atom. The molecule has 0 aliphatic heterocycles. The number of hydrogen-bond donors (Lipinski definition) is 1. The average molecular weight is 513 g/mol. The number of fused-ring (bicyclic) bond motifs is 1. The van der Waals surface area contributed by atoms with Gasteiger partial charge in [-0.1, -0.05) is 30.3 Å². The van der Waals surface area contributed by atoms with E-state index in [1.165, 1.54) is 12.1 Å². The second-order valence-corrected chi connectivity index (χ2v) is 9.54. The van der Waals surface area contributed by atoms with Gasteiger partial charge in [-0.2, -0.15) is 0 Å². The summed E-state index contributed by atoms with van der Waals surface area (Å²) in [4.78, 5) is 18.2. The van der Waals surface area contributed by atoms with Gasteiger partial charge in [0.25, 0.3) is 5.56 Å². The average Bonchev–Trinajstić information content (AvgIpc) is 3.32. The van der Waals surface area contributed by atoms with Crippen molar-refractivity contribution < 1.29 is 9.13 Å². The zero-order chi connectivity index (χ0) is 26.6. The van der Waals surface area contributed by atoms with E-state index in [9.17, 15) is 9.18 Å². The number of aryl methyl sites for hydroxylation is 2. The molecule has 8 nitrogen and oxygen atoms in total. The molecule has 1 N–H and O–H groups in total. The summed E-state index contributed by atoms with van der Waals surface area (Å²) < 4.78 is 20.5. The summed E-state index contributed by atoms with van der Waals surface area (Å²) in [7, 11) is 1.63. The molecule has 0 aliphatic rings. The van der Waals surface area contributed by atoms with E-state index in [0.29, 0.717) is 37.6 Å². The molecule has 0 bridgehead atoms. The molecule has 0 saturated carbocycles. The third-order valence-electron chi connectivity index (χ3n) is 6.57. The SMILES string of the molecule is COc1ccc(Cn2nnnc2CN(Cc2ccc(F)cc2)Cc2cc3c(C)cc(C)cc3[nH]c2=O)cc1. The van der Waals surface area contributed by atoms with E-state index in [1.807, 2.05) is 50.2 Å². The second-order valence-electron chi connectivity index (χ2n) is 9.54. The number of aromatic nitrogens is 5. The van der Waals surface area contributed by atoms with Gasteiger partial charge in [0.2, 0.25) is 0 Å². The van der Waals surface area contributed by atoms with E-state index < -0.39 is 0 Å². The van der Waals surface area contributed by atoms with Crippen LogP contribution in [0.3, 0.4) is 0 Å². The quantitative estimate of drug-likeness (QED) is 0.312. The van der Waals surface area contributed by atoms with E-state index in [4.69, 9.17) is 4.74 Å². The fraction of sp³-hybridized carbons (Fsp3) is 0.241. The number of aromatic amines is 1. The Bertz CT molecular complexity index is 1610. The third kappa shape index (κ3) is 5.78. The molecule has 38 heavy (non-hydrogen) atoms. The first-order chi connectivity index (χ1) is 18.4. The van der Waals surface area contributed by atoms with Gasteiger partial charge >= 0.3 is 0 Å². The highest BCUT2D eigenvalue weighted by Crippen LogP contribution is 2.20. The van der Waals surface area contributed by atoms with Crippen LogP contribution in [-0.4, -0.2) is 37.2 Å². The first kappa shape index (κ1) is 25.3. The van der Waals surface area contributed by atoms with Gasteiger partial charge in [0.05, 0.1) is 20.2 Å². The number of pyridine rings is 1. The number of nitrogens with one attached hydrogen (secondary N) is 1. The van der Waals surface area contributed by atoms with Crippen molar-refractivity contribution in [2.24, 2.45) is 0 Å². The molecular weight excluding hydrogens is 483 g/mol. The summed E-state index contributed by atoms with van der Waals surface area (Å²) in [5.74, 6) is 1.15. The maximum absolute atomic E-state index is 13.6. The molecule has 0 aliphatic carbocycles. The Hall–Kier alpha value is -4.37. The number of nitrogens with zero attached hydrogens (tertiary/aromatic N) is 5. The number of ether oxygens (including phenoxy) is 1. The summed E-state index contributed by atoms with van der Waals surface area (Å²) in [6.07, 6.45) is 0. The van der Waals surface area contributed by atoms with Gasteiger partial charge in [-0.25, -0.2) is 9.07 Å². The molecule has 3 aromatic carbocycles. The van der Waals surface area contributed by atoms with Crippen molar-refractivity contribution in [1.29, 1.82) is 0 Å². The minimum absolute atomic E-state index is 0.135. The van der Waals surface area contributed by atoms with Crippen molar-refractivity contribution in [3.8, 4) is 5.75 Å². The summed E-state index contributed by atoms with van der Waals surface area (Å²) in [5, 5.41) is 13.4. The Kier molecular flexibility index (Phi) is 7.28. The molecule has 9 heteroatoms. The van der Waals surface area contributed by atoms with E-state index >= 15 is 0 Å². The maximum atomic E-state index is 13.6. The molecule has 2 aromatic heterocycles. The predicted octanol–water partition coefficient (Wildman–Crippen LogP) is 4.53. The van der Waals surface area contributed by atoms with Gasteiger partial charge in [0.1, 0.15) is 11.6 Å². The first-order valence-corrected chi connectivity index (χ1v) is 12.4. The molecule has 0 spiro atoms. The number of hydrogen-bond acceptors (Lipinski definition) is 6. The largest absolute Gasteiger partial charge is 0.497 e. The summed E-state index contributed by atoms with van der Waals surface area (Å²) in [6, 6.07) is 20.2. The predicted molar refractivity (Wildman–Crippen MR) is 143 cm³/mol. The third-order valence-corrected chi connectivity index (χ3v) is 6.57. The first-order valence-electron chi connectivity index (χ1n) is 12.4. The van der Waals surface area contributed by atoms with E-state index in [2.05, 4.69) is 31.5 Å². The summed E-state index contributed by atoms with van der Waals surface area (Å²) in [5.41, 5.74) is 5.48. The van der Waals surface area contributed by atoms with Gasteiger partial charge in [-0.05, 0) is 82.9 Å². The highest BCUT2D eigenvalue weighted by Gasteiger charge is 2.17. The molecule has 0 saturated heterocycles. The number of halogens is 1. The van der Waals surface area contributed by atoms with Crippen LogP contribution in [0.15, 0.2) is 71.5 Å². The van der Waals surface area contributed by atoms with Crippen LogP contribution in [-0.2, 0) is 26.2 Å². The van der Waals surface area contributed by atoms with Crippen molar-refractivity contribution in [3.05, 3.63) is 117 Å². The lowest BCUT2D eigenvalue weighted by Gasteiger charge is -2.22. The fourth-order valence-electron chi connectivity index (χ4n) is 4.65. The van der Waals surface area contributed by atoms with Crippen LogP contribution in [0.1, 0.15) is 33.6 Å². The van der Waals surface area contributed by atoms with Crippen molar-refractivity contribution in [2.75, 3.05) is 7.11 Å². The molecule has 0 fully saturated rings. The number of rotatable bonds is 9. The number of benzene rings is 3. The normalized spacial score (nSPS) is 11.4. The van der Waals surface area contributed by atoms with E-state index in [-0.39, 0.29) is 11.4 Å². The minimum atomic E-state index is -0.291. The van der Waals surface area contributed by atoms with Gasteiger partial charge < -0.3 is 9.72 Å². The van der Waals surface area contributed by atoms with Crippen molar-refractivity contribution >= 4 is 10.9 Å². The molecule has 2 heterocycles. The van der Waals surface area contributed by atoms with Gasteiger partial charge in [0, 0.05) is 29.6 Å².